The molecular weight excluding hydrogens is 262 g/mol. The highest BCUT2D eigenvalue weighted by atomic mass is 32.2. The minimum Gasteiger partial charge on any atom is -0.329 e. The standard InChI is InChI=1S/C13H27N3O2S/c1-11-6-5-7-12(2)16(11)19(17,18)15-9-4-3-8-13(15)10-14/h11-13H,3-10,14H2,1-2H3/t11-,12+,13?. The van der Waals surface area contributed by atoms with E-state index >= 15 is 0 Å². The molecule has 0 radical (unpaired) electrons. The summed E-state index contributed by atoms with van der Waals surface area (Å²) in [6.45, 7) is 5.10. The summed E-state index contributed by atoms with van der Waals surface area (Å²) in [7, 11) is -3.36. The topological polar surface area (TPSA) is 66.6 Å². The van der Waals surface area contributed by atoms with Gasteiger partial charge < -0.3 is 5.73 Å². The molecule has 2 saturated heterocycles. The lowest BCUT2D eigenvalue weighted by molar-refractivity contribution is 0.169. The summed E-state index contributed by atoms with van der Waals surface area (Å²) in [4.78, 5) is 0. The highest BCUT2D eigenvalue weighted by molar-refractivity contribution is 7.86. The summed E-state index contributed by atoms with van der Waals surface area (Å²) in [5, 5.41) is 0. The largest absolute Gasteiger partial charge is 0.329 e. The Hall–Kier alpha value is -0.170. The quantitative estimate of drug-likeness (QED) is 0.852. The molecule has 5 nitrogen and oxygen atoms in total. The van der Waals surface area contributed by atoms with Crippen molar-refractivity contribution in [1.29, 1.82) is 0 Å². The molecule has 2 aliphatic heterocycles. The highest BCUT2D eigenvalue weighted by Crippen LogP contribution is 2.30. The van der Waals surface area contributed by atoms with Gasteiger partial charge in [-0.25, -0.2) is 0 Å². The van der Waals surface area contributed by atoms with E-state index in [-0.39, 0.29) is 18.1 Å². The van der Waals surface area contributed by atoms with Gasteiger partial charge in [0.15, 0.2) is 0 Å². The number of nitrogens with zero attached hydrogens (tertiary/aromatic N) is 2. The zero-order valence-corrected chi connectivity index (χ0v) is 12.9. The van der Waals surface area contributed by atoms with Crippen molar-refractivity contribution >= 4 is 10.2 Å². The Balaban J connectivity index is 2.24. The van der Waals surface area contributed by atoms with Crippen molar-refractivity contribution in [3.05, 3.63) is 0 Å². The van der Waals surface area contributed by atoms with Gasteiger partial charge in [0.25, 0.3) is 10.2 Å². The van der Waals surface area contributed by atoms with E-state index in [0.717, 1.165) is 38.5 Å². The summed E-state index contributed by atoms with van der Waals surface area (Å²) in [5.74, 6) is 0. The van der Waals surface area contributed by atoms with Gasteiger partial charge in [-0.05, 0) is 39.5 Å². The molecule has 0 amide bonds. The summed E-state index contributed by atoms with van der Waals surface area (Å²) < 4.78 is 29.2. The van der Waals surface area contributed by atoms with E-state index in [9.17, 15) is 8.42 Å². The molecule has 6 heteroatoms. The van der Waals surface area contributed by atoms with Crippen molar-refractivity contribution < 1.29 is 8.42 Å². The lowest BCUT2D eigenvalue weighted by Gasteiger charge is -2.43. The molecule has 3 atom stereocenters. The van der Waals surface area contributed by atoms with Crippen LogP contribution in [0.2, 0.25) is 0 Å². The van der Waals surface area contributed by atoms with Gasteiger partial charge >= 0.3 is 0 Å². The van der Waals surface area contributed by atoms with Crippen LogP contribution < -0.4 is 5.73 Å². The molecule has 0 spiro atoms. The van der Waals surface area contributed by atoms with E-state index in [1.807, 2.05) is 13.8 Å². The smallest absolute Gasteiger partial charge is 0.282 e. The van der Waals surface area contributed by atoms with Crippen LogP contribution in [-0.2, 0) is 10.2 Å². The van der Waals surface area contributed by atoms with Crippen molar-refractivity contribution in [2.45, 2.75) is 70.5 Å². The molecule has 2 aliphatic rings. The zero-order valence-electron chi connectivity index (χ0n) is 12.1. The van der Waals surface area contributed by atoms with Crippen molar-refractivity contribution in [3.8, 4) is 0 Å². The molecule has 0 bridgehead atoms. The monoisotopic (exact) mass is 289 g/mol. The lowest BCUT2D eigenvalue weighted by atomic mass is 10.0. The van der Waals surface area contributed by atoms with Gasteiger partial charge in [-0.2, -0.15) is 17.0 Å². The Labute approximate surface area is 117 Å². The van der Waals surface area contributed by atoms with Crippen LogP contribution in [0.15, 0.2) is 0 Å². The van der Waals surface area contributed by atoms with Crippen LogP contribution in [0.5, 0.6) is 0 Å². The van der Waals surface area contributed by atoms with Gasteiger partial charge in [0.05, 0.1) is 0 Å². The van der Waals surface area contributed by atoms with Crippen LogP contribution in [0.4, 0.5) is 0 Å². The summed E-state index contributed by atoms with van der Waals surface area (Å²) in [6.07, 6.45) is 5.97. The third kappa shape index (κ3) is 2.96. The first-order chi connectivity index (χ1) is 8.98. The lowest BCUT2D eigenvalue weighted by Crippen LogP contribution is -2.58. The molecular formula is C13H27N3O2S. The van der Waals surface area contributed by atoms with Gasteiger partial charge in [-0.15, -0.1) is 0 Å². The SMILES string of the molecule is C[C@@H]1CCC[C@H](C)N1S(=O)(=O)N1CCCCC1CN. The third-order valence-electron chi connectivity index (χ3n) is 4.52. The number of nitrogens with two attached hydrogens (primary N) is 1. The van der Waals surface area contributed by atoms with Gasteiger partial charge in [0.2, 0.25) is 0 Å². The van der Waals surface area contributed by atoms with E-state index in [1.54, 1.807) is 8.61 Å². The van der Waals surface area contributed by atoms with Gasteiger partial charge in [0.1, 0.15) is 0 Å². The Morgan fingerprint density at radius 1 is 1.05 bits per heavy atom. The predicted octanol–water partition coefficient (Wildman–Crippen LogP) is 1.31. The van der Waals surface area contributed by atoms with Crippen LogP contribution in [0.1, 0.15) is 52.4 Å². The van der Waals surface area contributed by atoms with Crippen LogP contribution >= 0.6 is 0 Å². The summed E-state index contributed by atoms with van der Waals surface area (Å²) >= 11 is 0. The first-order valence-electron chi connectivity index (χ1n) is 7.49. The van der Waals surface area contributed by atoms with E-state index in [4.69, 9.17) is 5.73 Å². The summed E-state index contributed by atoms with van der Waals surface area (Å²) in [6, 6.07) is 0.197. The molecule has 0 aromatic heterocycles. The number of hydrogen-bond donors (Lipinski definition) is 1. The second kappa shape index (κ2) is 6.08. The van der Waals surface area contributed by atoms with Crippen molar-refractivity contribution in [2.75, 3.05) is 13.1 Å². The first kappa shape index (κ1) is 15.2. The number of piperidine rings is 2. The average molecular weight is 289 g/mol. The molecule has 1 unspecified atom stereocenters. The maximum absolute atomic E-state index is 12.9. The van der Waals surface area contributed by atoms with Gasteiger partial charge in [0, 0.05) is 31.2 Å². The van der Waals surface area contributed by atoms with Crippen LogP contribution in [0, 0.1) is 0 Å². The fourth-order valence-corrected chi connectivity index (χ4v) is 5.78. The fourth-order valence-electron chi connectivity index (χ4n) is 3.49. The highest BCUT2D eigenvalue weighted by Gasteiger charge is 2.41. The minimum absolute atomic E-state index is 0.0138. The Bertz CT molecular complexity index is 389. The van der Waals surface area contributed by atoms with Crippen LogP contribution in [0.3, 0.4) is 0 Å². The molecule has 112 valence electrons. The van der Waals surface area contributed by atoms with E-state index in [0.29, 0.717) is 13.1 Å². The van der Waals surface area contributed by atoms with E-state index in [2.05, 4.69) is 0 Å². The predicted molar refractivity (Wildman–Crippen MR) is 76.9 cm³/mol. The molecule has 19 heavy (non-hydrogen) atoms. The second-order valence-electron chi connectivity index (χ2n) is 5.96. The van der Waals surface area contributed by atoms with Gasteiger partial charge in [-0.1, -0.05) is 12.8 Å². The van der Waals surface area contributed by atoms with Gasteiger partial charge in [-0.3, -0.25) is 0 Å². The second-order valence-corrected chi connectivity index (χ2v) is 7.75. The molecule has 2 heterocycles. The Morgan fingerprint density at radius 3 is 2.26 bits per heavy atom. The van der Waals surface area contributed by atoms with Crippen LogP contribution in [0.25, 0.3) is 0 Å². The molecule has 0 aromatic carbocycles. The van der Waals surface area contributed by atoms with Crippen molar-refractivity contribution in [2.24, 2.45) is 5.73 Å². The number of hydrogen-bond acceptors (Lipinski definition) is 3. The van der Waals surface area contributed by atoms with Crippen LogP contribution in [-0.4, -0.2) is 48.2 Å². The molecule has 2 fully saturated rings. The first-order valence-corrected chi connectivity index (χ1v) is 8.88. The Kier molecular flexibility index (Phi) is 4.87. The average Bonchev–Trinajstić information content (AvgIpc) is 2.38. The number of rotatable bonds is 3. The normalized spacial score (nSPS) is 35.4. The minimum atomic E-state index is -3.36. The summed E-state index contributed by atoms with van der Waals surface area (Å²) in [5.41, 5.74) is 5.76. The molecule has 0 aromatic rings. The van der Waals surface area contributed by atoms with E-state index < -0.39 is 10.2 Å². The molecule has 2 rings (SSSR count). The van der Waals surface area contributed by atoms with E-state index in [1.165, 1.54) is 0 Å². The van der Waals surface area contributed by atoms with Crippen molar-refractivity contribution in [3.63, 3.8) is 0 Å². The molecule has 2 N–H and O–H groups in total. The molecule has 0 saturated carbocycles. The molecule has 0 aliphatic carbocycles. The fraction of sp³-hybridized carbons (Fsp3) is 1.00. The third-order valence-corrected chi connectivity index (χ3v) is 6.85. The zero-order chi connectivity index (χ0) is 14.0. The maximum atomic E-state index is 12.9. The maximum Gasteiger partial charge on any atom is 0.282 e. The Morgan fingerprint density at radius 2 is 1.68 bits per heavy atom. The van der Waals surface area contributed by atoms with Crippen molar-refractivity contribution in [1.82, 2.24) is 8.61 Å².